The zero-order valence-electron chi connectivity index (χ0n) is 15.4. The van der Waals surface area contributed by atoms with Gasteiger partial charge in [-0.15, -0.1) is 0 Å². The number of amides is 1. The second-order valence-corrected chi connectivity index (χ2v) is 6.63. The highest BCUT2D eigenvalue weighted by molar-refractivity contribution is 6.00. The van der Waals surface area contributed by atoms with Crippen LogP contribution in [-0.4, -0.2) is 54.0 Å². The molecular weight excluding hydrogens is 360 g/mol. The smallest absolute Gasteiger partial charge is 0.293 e. The maximum atomic E-state index is 12.9. The summed E-state index contributed by atoms with van der Waals surface area (Å²) in [6, 6.07) is 14.3. The number of anilines is 1. The number of nitro benzene ring substituents is 1. The van der Waals surface area contributed by atoms with Crippen molar-refractivity contribution in [2.45, 2.75) is 0 Å². The lowest BCUT2D eigenvalue weighted by Crippen LogP contribution is -2.49. The average molecular weight is 380 g/mol. The number of aromatic amines is 1. The molecule has 0 unspecified atom stereocenters. The van der Waals surface area contributed by atoms with E-state index < -0.39 is 4.92 Å². The van der Waals surface area contributed by atoms with Crippen molar-refractivity contribution in [2.75, 3.05) is 38.2 Å². The van der Waals surface area contributed by atoms with Crippen molar-refractivity contribution in [1.82, 2.24) is 9.88 Å². The molecule has 3 aromatic rings. The van der Waals surface area contributed by atoms with Gasteiger partial charge < -0.3 is 19.5 Å². The van der Waals surface area contributed by atoms with Crippen LogP contribution in [0.2, 0.25) is 0 Å². The van der Waals surface area contributed by atoms with Gasteiger partial charge in [0.25, 0.3) is 11.6 Å². The molecule has 144 valence electrons. The number of nitrogens with one attached hydrogen (secondary N) is 1. The van der Waals surface area contributed by atoms with Crippen LogP contribution in [-0.2, 0) is 0 Å². The van der Waals surface area contributed by atoms with Crippen LogP contribution in [0.4, 0.5) is 11.4 Å². The minimum absolute atomic E-state index is 0.0301. The van der Waals surface area contributed by atoms with Gasteiger partial charge in [0.05, 0.1) is 17.7 Å². The number of piperazine rings is 1. The predicted octanol–water partition coefficient (Wildman–Crippen LogP) is 3.05. The van der Waals surface area contributed by atoms with E-state index in [1.165, 1.54) is 6.07 Å². The van der Waals surface area contributed by atoms with Crippen LogP contribution >= 0.6 is 0 Å². The second-order valence-electron chi connectivity index (χ2n) is 6.63. The van der Waals surface area contributed by atoms with Gasteiger partial charge in [-0.3, -0.25) is 14.9 Å². The van der Waals surface area contributed by atoms with Gasteiger partial charge in [0, 0.05) is 37.6 Å². The fourth-order valence-corrected chi connectivity index (χ4v) is 3.62. The zero-order valence-corrected chi connectivity index (χ0v) is 15.4. The maximum Gasteiger partial charge on any atom is 0.293 e. The standard InChI is InChI=1S/C20H20N4O4/c1-28-18-8-3-2-6-16(18)22-9-11-23(12-10-22)20(25)15-13-14-5-4-7-17(24(26)27)19(14)21-15/h2-8,13,21H,9-12H2,1H3. The summed E-state index contributed by atoms with van der Waals surface area (Å²) in [6.45, 7) is 2.50. The van der Waals surface area contributed by atoms with E-state index >= 15 is 0 Å². The van der Waals surface area contributed by atoms with E-state index in [-0.39, 0.29) is 11.6 Å². The van der Waals surface area contributed by atoms with E-state index in [1.54, 1.807) is 30.2 Å². The van der Waals surface area contributed by atoms with Crippen molar-refractivity contribution in [2.24, 2.45) is 0 Å². The highest BCUT2D eigenvalue weighted by atomic mass is 16.6. The Balaban J connectivity index is 1.51. The number of hydrogen-bond acceptors (Lipinski definition) is 5. The maximum absolute atomic E-state index is 12.9. The first-order valence-electron chi connectivity index (χ1n) is 9.02. The number of carbonyl (C=O) groups excluding carboxylic acids is 1. The molecular formula is C20H20N4O4. The fraction of sp³-hybridized carbons (Fsp3) is 0.250. The summed E-state index contributed by atoms with van der Waals surface area (Å²) < 4.78 is 5.42. The quantitative estimate of drug-likeness (QED) is 0.555. The normalized spacial score (nSPS) is 14.3. The largest absolute Gasteiger partial charge is 0.495 e. The molecule has 1 saturated heterocycles. The number of hydrogen-bond donors (Lipinski definition) is 1. The summed E-state index contributed by atoms with van der Waals surface area (Å²) in [5.41, 5.74) is 1.73. The van der Waals surface area contributed by atoms with Gasteiger partial charge >= 0.3 is 0 Å². The van der Waals surface area contributed by atoms with Gasteiger partial charge in [-0.25, -0.2) is 0 Å². The van der Waals surface area contributed by atoms with Gasteiger partial charge in [0.15, 0.2) is 0 Å². The number of nitrogens with zero attached hydrogens (tertiary/aromatic N) is 3. The average Bonchev–Trinajstić information content (AvgIpc) is 3.17. The molecule has 1 N–H and O–H groups in total. The summed E-state index contributed by atoms with van der Waals surface area (Å²) in [4.78, 5) is 30.5. The molecule has 0 bridgehead atoms. The fourth-order valence-electron chi connectivity index (χ4n) is 3.62. The van der Waals surface area contributed by atoms with Gasteiger partial charge in [-0.1, -0.05) is 24.3 Å². The van der Waals surface area contributed by atoms with Crippen molar-refractivity contribution < 1.29 is 14.5 Å². The molecule has 1 aliphatic rings. The molecule has 1 amide bonds. The Morgan fingerprint density at radius 1 is 1.11 bits per heavy atom. The minimum Gasteiger partial charge on any atom is -0.495 e. The molecule has 8 heteroatoms. The number of nitro groups is 1. The van der Waals surface area contributed by atoms with Crippen LogP contribution in [0.25, 0.3) is 10.9 Å². The first-order chi connectivity index (χ1) is 13.6. The zero-order chi connectivity index (χ0) is 19.7. The van der Waals surface area contributed by atoms with Crippen LogP contribution < -0.4 is 9.64 Å². The molecule has 0 atom stereocenters. The van der Waals surface area contributed by atoms with Crippen molar-refractivity contribution in [3.63, 3.8) is 0 Å². The first-order valence-corrected chi connectivity index (χ1v) is 9.02. The van der Waals surface area contributed by atoms with Crippen molar-refractivity contribution in [3.05, 3.63) is 64.3 Å². The highest BCUT2D eigenvalue weighted by Gasteiger charge is 2.25. The van der Waals surface area contributed by atoms with Gasteiger partial charge in [-0.2, -0.15) is 0 Å². The lowest BCUT2D eigenvalue weighted by atomic mass is 10.2. The Bertz CT molecular complexity index is 1040. The molecule has 0 aliphatic carbocycles. The number of carbonyl (C=O) groups is 1. The third-order valence-corrected chi connectivity index (χ3v) is 5.05. The summed E-state index contributed by atoms with van der Waals surface area (Å²) in [7, 11) is 1.65. The molecule has 8 nitrogen and oxygen atoms in total. The molecule has 0 saturated carbocycles. The molecule has 0 radical (unpaired) electrons. The number of benzene rings is 2. The number of aromatic nitrogens is 1. The minimum atomic E-state index is -0.445. The molecule has 28 heavy (non-hydrogen) atoms. The molecule has 2 heterocycles. The Morgan fingerprint density at radius 2 is 1.86 bits per heavy atom. The van der Waals surface area contributed by atoms with E-state index in [2.05, 4.69) is 9.88 Å². The van der Waals surface area contributed by atoms with Crippen LogP contribution in [0.15, 0.2) is 48.5 Å². The van der Waals surface area contributed by atoms with Crippen molar-refractivity contribution in [3.8, 4) is 5.75 Å². The number of para-hydroxylation sites is 3. The Morgan fingerprint density at radius 3 is 2.57 bits per heavy atom. The first kappa shape index (κ1) is 17.8. The summed E-state index contributed by atoms with van der Waals surface area (Å²) >= 11 is 0. The Kier molecular flexibility index (Phi) is 4.60. The second kappa shape index (κ2) is 7.22. The summed E-state index contributed by atoms with van der Waals surface area (Å²) in [5, 5.41) is 11.9. The molecule has 4 rings (SSSR count). The van der Waals surface area contributed by atoms with Crippen LogP contribution in [0.1, 0.15) is 10.5 Å². The predicted molar refractivity (Wildman–Crippen MR) is 106 cm³/mol. The number of ether oxygens (including phenoxy) is 1. The SMILES string of the molecule is COc1ccccc1N1CCN(C(=O)c2cc3cccc([N+](=O)[O-])c3[nH]2)CC1. The molecule has 0 spiro atoms. The Labute approximate surface area is 161 Å². The number of rotatable bonds is 4. The molecule has 1 aromatic heterocycles. The van der Waals surface area contributed by atoms with Crippen LogP contribution in [0.3, 0.4) is 0 Å². The van der Waals surface area contributed by atoms with Crippen molar-refractivity contribution >= 4 is 28.2 Å². The third kappa shape index (κ3) is 3.13. The summed E-state index contributed by atoms with van der Waals surface area (Å²) in [5.74, 6) is 0.662. The van der Waals surface area contributed by atoms with E-state index in [9.17, 15) is 14.9 Å². The van der Waals surface area contributed by atoms with Gasteiger partial charge in [-0.05, 0) is 18.2 Å². The molecule has 1 fully saturated rings. The molecule has 2 aromatic carbocycles. The highest BCUT2D eigenvalue weighted by Crippen LogP contribution is 2.29. The topological polar surface area (TPSA) is 91.7 Å². The number of fused-ring (bicyclic) bond motifs is 1. The number of non-ortho nitro benzene ring substituents is 1. The Hall–Kier alpha value is -3.55. The van der Waals surface area contributed by atoms with E-state index in [1.807, 2.05) is 24.3 Å². The van der Waals surface area contributed by atoms with Gasteiger partial charge in [0.2, 0.25) is 0 Å². The van der Waals surface area contributed by atoms with Crippen LogP contribution in [0, 0.1) is 10.1 Å². The lowest BCUT2D eigenvalue weighted by Gasteiger charge is -2.36. The number of H-pyrrole nitrogens is 1. The van der Waals surface area contributed by atoms with Crippen molar-refractivity contribution in [1.29, 1.82) is 0 Å². The van der Waals surface area contributed by atoms with Crippen LogP contribution in [0.5, 0.6) is 5.75 Å². The van der Waals surface area contributed by atoms with E-state index in [4.69, 9.17) is 4.74 Å². The monoisotopic (exact) mass is 380 g/mol. The van der Waals surface area contributed by atoms with E-state index in [0.717, 1.165) is 11.4 Å². The third-order valence-electron chi connectivity index (χ3n) is 5.05. The lowest BCUT2D eigenvalue weighted by molar-refractivity contribution is -0.383. The number of methoxy groups -OCH3 is 1. The summed E-state index contributed by atoms with van der Waals surface area (Å²) in [6.07, 6.45) is 0. The molecule has 1 aliphatic heterocycles. The van der Waals surface area contributed by atoms with Gasteiger partial charge in [0.1, 0.15) is 17.0 Å². The van der Waals surface area contributed by atoms with E-state index in [0.29, 0.717) is 42.8 Å².